The maximum absolute atomic E-state index is 11.9. The van der Waals surface area contributed by atoms with Gasteiger partial charge in [-0.15, -0.1) is 0 Å². The fraction of sp³-hybridized carbons (Fsp3) is 0.385. The number of rotatable bonds is 6. The number of nitrogens with zero attached hydrogens (tertiary/aromatic N) is 2. The molecule has 19 heavy (non-hydrogen) atoms. The molecule has 1 N–H and O–H groups in total. The first kappa shape index (κ1) is 13.4. The van der Waals surface area contributed by atoms with Crippen LogP contribution in [0.5, 0.6) is 0 Å². The molecular weight excluding hydrogens is 246 g/mol. The zero-order valence-electron chi connectivity index (χ0n) is 11.0. The molecule has 0 saturated heterocycles. The highest BCUT2D eigenvalue weighted by Crippen LogP contribution is 2.08. The van der Waals surface area contributed by atoms with Gasteiger partial charge in [-0.05, 0) is 13.0 Å². The summed E-state index contributed by atoms with van der Waals surface area (Å²) in [5, 5.41) is 2.81. The predicted molar refractivity (Wildman–Crippen MR) is 68.7 cm³/mol. The number of furan rings is 1. The predicted octanol–water partition coefficient (Wildman–Crippen LogP) is 1.36. The highest BCUT2D eigenvalue weighted by molar-refractivity contribution is 5.92. The van der Waals surface area contributed by atoms with Gasteiger partial charge in [0.05, 0.1) is 31.4 Å². The summed E-state index contributed by atoms with van der Waals surface area (Å²) in [6.45, 7) is 3.56. The van der Waals surface area contributed by atoms with Crippen molar-refractivity contribution in [1.29, 1.82) is 0 Å². The van der Waals surface area contributed by atoms with Gasteiger partial charge in [-0.25, -0.2) is 4.98 Å². The summed E-state index contributed by atoms with van der Waals surface area (Å²) >= 11 is 0. The first-order valence-corrected chi connectivity index (χ1v) is 6.02. The first-order chi connectivity index (χ1) is 9.22. The van der Waals surface area contributed by atoms with Crippen molar-refractivity contribution in [3.8, 4) is 0 Å². The summed E-state index contributed by atoms with van der Waals surface area (Å²) in [6.07, 6.45) is 4.96. The number of imidazole rings is 1. The Balaban J connectivity index is 1.94. The van der Waals surface area contributed by atoms with Gasteiger partial charge >= 0.3 is 0 Å². The summed E-state index contributed by atoms with van der Waals surface area (Å²) in [7, 11) is 1.65. The van der Waals surface area contributed by atoms with Crippen LogP contribution < -0.4 is 5.32 Å². The van der Waals surface area contributed by atoms with Gasteiger partial charge in [0, 0.05) is 25.4 Å². The summed E-state index contributed by atoms with van der Waals surface area (Å²) in [4.78, 5) is 16.0. The third-order valence-corrected chi connectivity index (χ3v) is 2.83. The molecule has 2 aromatic rings. The van der Waals surface area contributed by atoms with E-state index in [0.717, 1.165) is 11.3 Å². The molecule has 0 aromatic carbocycles. The van der Waals surface area contributed by atoms with Crippen LogP contribution in [0.25, 0.3) is 0 Å². The van der Waals surface area contributed by atoms with Crippen LogP contribution in [0.15, 0.2) is 29.3 Å². The molecule has 0 bridgehead atoms. The Morgan fingerprint density at radius 1 is 1.58 bits per heavy atom. The van der Waals surface area contributed by atoms with Gasteiger partial charge in [-0.3, -0.25) is 4.79 Å². The molecular formula is C13H17N3O3. The molecule has 1 amide bonds. The second kappa shape index (κ2) is 6.19. The average Bonchev–Trinajstić information content (AvgIpc) is 3.02. The summed E-state index contributed by atoms with van der Waals surface area (Å²) < 4.78 is 12.1. The van der Waals surface area contributed by atoms with Gasteiger partial charge in [0.1, 0.15) is 0 Å². The molecule has 0 saturated carbocycles. The highest BCUT2D eigenvalue weighted by Gasteiger charge is 2.12. The molecule has 0 radical (unpaired) electrons. The van der Waals surface area contributed by atoms with Crippen molar-refractivity contribution in [1.82, 2.24) is 14.9 Å². The number of carbonyl (C=O) groups is 1. The number of carbonyl (C=O) groups excluding carboxylic acids is 1. The van der Waals surface area contributed by atoms with Gasteiger partial charge in [0.2, 0.25) is 0 Å². The number of aryl methyl sites for hydroxylation is 1. The molecule has 6 nitrogen and oxygen atoms in total. The largest absolute Gasteiger partial charge is 0.459 e. The van der Waals surface area contributed by atoms with E-state index in [4.69, 9.17) is 9.15 Å². The van der Waals surface area contributed by atoms with Gasteiger partial charge < -0.3 is 19.0 Å². The first-order valence-electron chi connectivity index (χ1n) is 6.02. The molecule has 102 valence electrons. The Kier molecular flexibility index (Phi) is 4.35. The number of aromatic nitrogens is 2. The normalized spacial score (nSPS) is 10.6. The van der Waals surface area contributed by atoms with E-state index in [9.17, 15) is 4.79 Å². The van der Waals surface area contributed by atoms with Crippen LogP contribution in [0.2, 0.25) is 0 Å². The van der Waals surface area contributed by atoms with Crippen LogP contribution in [-0.4, -0.2) is 29.2 Å². The molecule has 2 aromatic heterocycles. The van der Waals surface area contributed by atoms with E-state index in [1.165, 1.54) is 6.26 Å². The van der Waals surface area contributed by atoms with Crippen LogP contribution in [0.4, 0.5) is 0 Å². The van der Waals surface area contributed by atoms with E-state index >= 15 is 0 Å². The maximum atomic E-state index is 11.9. The lowest BCUT2D eigenvalue weighted by Crippen LogP contribution is -2.24. The molecule has 6 heteroatoms. The number of methoxy groups -OCH3 is 1. The van der Waals surface area contributed by atoms with Crippen molar-refractivity contribution in [3.63, 3.8) is 0 Å². The third kappa shape index (κ3) is 3.23. The maximum Gasteiger partial charge on any atom is 0.287 e. The minimum absolute atomic E-state index is 0.220. The van der Waals surface area contributed by atoms with Crippen molar-refractivity contribution >= 4 is 5.91 Å². The molecule has 0 spiro atoms. The number of ether oxygens (including phenoxy) is 1. The molecule has 0 atom stereocenters. The van der Waals surface area contributed by atoms with Gasteiger partial charge in [-0.2, -0.15) is 0 Å². The SMILES string of the molecule is COCCn1cncc1CNC(=O)c1occc1C. The van der Waals surface area contributed by atoms with Crippen molar-refractivity contribution < 1.29 is 13.9 Å². The van der Waals surface area contributed by atoms with E-state index in [0.29, 0.717) is 25.5 Å². The summed E-state index contributed by atoms with van der Waals surface area (Å²) in [6, 6.07) is 1.76. The smallest absolute Gasteiger partial charge is 0.287 e. The standard InChI is InChI=1S/C13H17N3O3/c1-10-3-5-19-12(10)13(17)15-8-11-7-14-9-16(11)4-6-18-2/h3,5,7,9H,4,6,8H2,1-2H3,(H,15,17). The molecule has 0 aliphatic rings. The Morgan fingerprint density at radius 2 is 2.42 bits per heavy atom. The lowest BCUT2D eigenvalue weighted by molar-refractivity contribution is 0.0921. The molecule has 0 aliphatic carbocycles. The van der Waals surface area contributed by atoms with Crippen LogP contribution >= 0.6 is 0 Å². The molecule has 2 rings (SSSR count). The second-order valence-corrected chi connectivity index (χ2v) is 4.19. The Morgan fingerprint density at radius 3 is 3.11 bits per heavy atom. The molecule has 0 fully saturated rings. The topological polar surface area (TPSA) is 69.3 Å². The van der Waals surface area contributed by atoms with Crippen molar-refractivity contribution in [3.05, 3.63) is 41.9 Å². The van der Waals surface area contributed by atoms with E-state index in [1.54, 1.807) is 25.7 Å². The van der Waals surface area contributed by atoms with E-state index in [2.05, 4.69) is 10.3 Å². The number of nitrogens with one attached hydrogen (secondary N) is 1. The van der Waals surface area contributed by atoms with Crippen molar-refractivity contribution in [2.45, 2.75) is 20.0 Å². The van der Waals surface area contributed by atoms with Gasteiger partial charge in [-0.1, -0.05) is 0 Å². The highest BCUT2D eigenvalue weighted by atomic mass is 16.5. The van der Waals surface area contributed by atoms with E-state index in [1.807, 2.05) is 11.5 Å². The Bertz CT molecular complexity index is 545. The zero-order valence-corrected chi connectivity index (χ0v) is 11.0. The minimum atomic E-state index is -0.220. The number of hydrogen-bond donors (Lipinski definition) is 1. The quantitative estimate of drug-likeness (QED) is 0.854. The fourth-order valence-electron chi connectivity index (χ4n) is 1.74. The Labute approximate surface area is 111 Å². The van der Waals surface area contributed by atoms with Gasteiger partial charge in [0.15, 0.2) is 5.76 Å². The summed E-state index contributed by atoms with van der Waals surface area (Å²) in [5.74, 6) is 0.130. The van der Waals surface area contributed by atoms with E-state index in [-0.39, 0.29) is 5.91 Å². The molecule has 0 unspecified atom stereocenters. The van der Waals surface area contributed by atoms with E-state index < -0.39 is 0 Å². The Hall–Kier alpha value is -2.08. The lowest BCUT2D eigenvalue weighted by Gasteiger charge is -2.08. The third-order valence-electron chi connectivity index (χ3n) is 2.83. The van der Waals surface area contributed by atoms with Crippen LogP contribution in [0.3, 0.4) is 0 Å². The second-order valence-electron chi connectivity index (χ2n) is 4.19. The average molecular weight is 263 g/mol. The number of hydrogen-bond acceptors (Lipinski definition) is 4. The van der Waals surface area contributed by atoms with Crippen LogP contribution in [-0.2, 0) is 17.8 Å². The summed E-state index contributed by atoms with van der Waals surface area (Å²) in [5.41, 5.74) is 1.75. The molecule has 0 aliphatic heterocycles. The molecule has 2 heterocycles. The monoisotopic (exact) mass is 263 g/mol. The van der Waals surface area contributed by atoms with Crippen LogP contribution in [0, 0.1) is 6.92 Å². The van der Waals surface area contributed by atoms with Gasteiger partial charge in [0.25, 0.3) is 5.91 Å². The minimum Gasteiger partial charge on any atom is -0.459 e. The zero-order chi connectivity index (χ0) is 13.7. The fourth-order valence-corrected chi connectivity index (χ4v) is 1.74. The van der Waals surface area contributed by atoms with Crippen molar-refractivity contribution in [2.24, 2.45) is 0 Å². The van der Waals surface area contributed by atoms with Crippen molar-refractivity contribution in [2.75, 3.05) is 13.7 Å². The lowest BCUT2D eigenvalue weighted by atomic mass is 10.2. The number of amides is 1. The van der Waals surface area contributed by atoms with Crippen LogP contribution in [0.1, 0.15) is 21.8 Å².